The molecule has 0 fully saturated rings. The number of allylic oxidation sites excluding steroid dienone is 3. The molecule has 0 radical (unpaired) electrons. The van der Waals surface area contributed by atoms with Gasteiger partial charge >= 0.3 is 0 Å². The molecule has 0 aromatic rings. The van der Waals surface area contributed by atoms with E-state index in [9.17, 15) is 4.79 Å². The lowest BCUT2D eigenvalue weighted by Crippen LogP contribution is -2.08. The number of Topliss-reactive ketones (excluding diaryl/α,β-unsaturated/α-hetero) is 1. The quantitative estimate of drug-likeness (QED) is 0.629. The van der Waals surface area contributed by atoms with E-state index < -0.39 is 0 Å². The molecule has 11 heavy (non-hydrogen) atoms. The number of thioether (sulfide) groups is 1. The van der Waals surface area contributed by atoms with Crippen molar-refractivity contribution in [3.63, 3.8) is 0 Å². The van der Waals surface area contributed by atoms with Crippen molar-refractivity contribution in [1.82, 2.24) is 0 Å². The van der Waals surface area contributed by atoms with Crippen molar-refractivity contribution in [2.75, 3.05) is 6.26 Å². The van der Waals surface area contributed by atoms with Gasteiger partial charge in [0.2, 0.25) is 0 Å². The van der Waals surface area contributed by atoms with Crippen LogP contribution in [0.15, 0.2) is 23.1 Å². The number of carbonyl (C=O) groups excluding carboxylic acids is 1. The molecule has 0 saturated carbocycles. The Morgan fingerprint density at radius 1 is 1.73 bits per heavy atom. The van der Waals surface area contributed by atoms with E-state index in [1.807, 2.05) is 18.4 Å². The predicted molar refractivity (Wildman–Crippen MR) is 49.5 cm³/mol. The number of ketones is 1. The van der Waals surface area contributed by atoms with Gasteiger partial charge in [-0.2, -0.15) is 0 Å². The fourth-order valence-corrected chi connectivity index (χ4v) is 1.53. The summed E-state index contributed by atoms with van der Waals surface area (Å²) in [6, 6.07) is 0. The Bertz CT molecular complexity index is 216. The van der Waals surface area contributed by atoms with E-state index in [2.05, 4.69) is 6.08 Å². The summed E-state index contributed by atoms with van der Waals surface area (Å²) in [6.45, 7) is 1.65. The number of hydrogen-bond donors (Lipinski definition) is 0. The van der Waals surface area contributed by atoms with Crippen molar-refractivity contribution in [3.05, 3.63) is 23.1 Å². The fourth-order valence-electron chi connectivity index (χ4n) is 1.05. The molecule has 1 unspecified atom stereocenters. The van der Waals surface area contributed by atoms with E-state index in [-0.39, 0.29) is 11.7 Å². The zero-order chi connectivity index (χ0) is 8.27. The minimum Gasteiger partial charge on any atom is -0.299 e. The summed E-state index contributed by atoms with van der Waals surface area (Å²) in [6.07, 6.45) is 9.07. The Hall–Kier alpha value is -0.500. The number of carbonyl (C=O) groups is 1. The minimum absolute atomic E-state index is 0.130. The van der Waals surface area contributed by atoms with Gasteiger partial charge in [0.05, 0.1) is 0 Å². The number of hydrogen-bond acceptors (Lipinski definition) is 2. The van der Waals surface area contributed by atoms with Gasteiger partial charge in [-0.3, -0.25) is 4.79 Å². The Labute approximate surface area is 71.6 Å². The standard InChI is InChI=1S/C9H12OS/c1-7(10)8-3-5-9(11-2)6-4-8/h3,5-6,8H,4H2,1-2H3. The second kappa shape index (κ2) is 3.77. The topological polar surface area (TPSA) is 17.1 Å². The van der Waals surface area contributed by atoms with Gasteiger partial charge in [0, 0.05) is 10.8 Å². The highest BCUT2D eigenvalue weighted by Gasteiger charge is 2.11. The Morgan fingerprint density at radius 3 is 2.82 bits per heavy atom. The summed E-state index contributed by atoms with van der Waals surface area (Å²) < 4.78 is 0. The van der Waals surface area contributed by atoms with Crippen LogP contribution in [-0.4, -0.2) is 12.0 Å². The van der Waals surface area contributed by atoms with Crippen molar-refractivity contribution in [2.24, 2.45) is 5.92 Å². The van der Waals surface area contributed by atoms with E-state index >= 15 is 0 Å². The van der Waals surface area contributed by atoms with Gasteiger partial charge < -0.3 is 0 Å². The van der Waals surface area contributed by atoms with Crippen LogP contribution in [0.2, 0.25) is 0 Å². The highest BCUT2D eigenvalue weighted by Crippen LogP contribution is 2.22. The number of rotatable bonds is 2. The summed E-state index contributed by atoms with van der Waals surface area (Å²) >= 11 is 1.72. The maximum absolute atomic E-state index is 10.9. The smallest absolute Gasteiger partial charge is 0.136 e. The van der Waals surface area contributed by atoms with Gasteiger partial charge in [-0.15, -0.1) is 11.8 Å². The molecule has 0 spiro atoms. The lowest BCUT2D eigenvalue weighted by Gasteiger charge is -2.11. The first-order chi connectivity index (χ1) is 5.24. The fraction of sp³-hybridized carbons (Fsp3) is 0.444. The first-order valence-corrected chi connectivity index (χ1v) is 4.89. The van der Waals surface area contributed by atoms with Gasteiger partial charge in [0.15, 0.2) is 0 Å². The maximum atomic E-state index is 10.9. The van der Waals surface area contributed by atoms with Crippen LogP contribution in [0.4, 0.5) is 0 Å². The van der Waals surface area contributed by atoms with Crippen LogP contribution in [0, 0.1) is 5.92 Å². The Kier molecular flexibility index (Phi) is 2.94. The first kappa shape index (κ1) is 8.60. The molecule has 0 aromatic heterocycles. The largest absolute Gasteiger partial charge is 0.299 e. The molecule has 0 aromatic carbocycles. The Morgan fingerprint density at radius 2 is 2.45 bits per heavy atom. The van der Waals surface area contributed by atoms with Crippen molar-refractivity contribution < 1.29 is 4.79 Å². The van der Waals surface area contributed by atoms with E-state index in [0.29, 0.717) is 0 Å². The first-order valence-electron chi connectivity index (χ1n) is 3.67. The zero-order valence-corrected chi connectivity index (χ0v) is 7.65. The van der Waals surface area contributed by atoms with Crippen molar-refractivity contribution in [1.29, 1.82) is 0 Å². The molecule has 0 saturated heterocycles. The third-order valence-corrected chi connectivity index (χ3v) is 2.60. The summed E-state index contributed by atoms with van der Waals surface area (Å²) in [7, 11) is 0. The molecule has 1 aliphatic rings. The molecule has 0 heterocycles. The second-order valence-corrected chi connectivity index (χ2v) is 3.50. The monoisotopic (exact) mass is 168 g/mol. The molecule has 1 aliphatic carbocycles. The molecule has 2 heteroatoms. The minimum atomic E-state index is 0.130. The molecule has 60 valence electrons. The average molecular weight is 168 g/mol. The van der Waals surface area contributed by atoms with E-state index in [1.54, 1.807) is 18.7 Å². The highest BCUT2D eigenvalue weighted by molar-refractivity contribution is 8.02. The average Bonchev–Trinajstić information content (AvgIpc) is 2.05. The molecule has 1 atom stereocenters. The lowest BCUT2D eigenvalue weighted by molar-refractivity contribution is -0.119. The van der Waals surface area contributed by atoms with Gasteiger partial charge in [0.1, 0.15) is 5.78 Å². The van der Waals surface area contributed by atoms with E-state index in [0.717, 1.165) is 6.42 Å². The summed E-state index contributed by atoms with van der Waals surface area (Å²) in [4.78, 5) is 12.2. The van der Waals surface area contributed by atoms with E-state index in [4.69, 9.17) is 0 Å². The molecule has 0 bridgehead atoms. The summed E-state index contributed by atoms with van der Waals surface area (Å²) in [5.74, 6) is 0.392. The SMILES string of the molecule is CSC1=CCC(C(C)=O)C=C1. The molecular weight excluding hydrogens is 156 g/mol. The molecular formula is C9H12OS. The van der Waals surface area contributed by atoms with Crippen LogP contribution in [0.3, 0.4) is 0 Å². The van der Waals surface area contributed by atoms with Crippen LogP contribution < -0.4 is 0 Å². The Balaban J connectivity index is 2.57. The van der Waals surface area contributed by atoms with Gasteiger partial charge in [0.25, 0.3) is 0 Å². The van der Waals surface area contributed by atoms with E-state index in [1.165, 1.54) is 4.91 Å². The molecule has 1 nitrogen and oxygen atoms in total. The normalized spacial score (nSPS) is 23.1. The summed E-state index contributed by atoms with van der Waals surface area (Å²) in [5.41, 5.74) is 0. The third kappa shape index (κ3) is 2.22. The van der Waals surface area contributed by atoms with Crippen molar-refractivity contribution in [2.45, 2.75) is 13.3 Å². The van der Waals surface area contributed by atoms with Crippen LogP contribution in [-0.2, 0) is 4.79 Å². The lowest BCUT2D eigenvalue weighted by atomic mass is 9.97. The van der Waals surface area contributed by atoms with Gasteiger partial charge in [-0.25, -0.2) is 0 Å². The van der Waals surface area contributed by atoms with Crippen molar-refractivity contribution >= 4 is 17.5 Å². The molecule has 0 N–H and O–H groups in total. The van der Waals surface area contributed by atoms with Crippen LogP contribution >= 0.6 is 11.8 Å². The van der Waals surface area contributed by atoms with Crippen LogP contribution in [0.1, 0.15) is 13.3 Å². The van der Waals surface area contributed by atoms with Gasteiger partial charge in [-0.1, -0.05) is 18.2 Å². The van der Waals surface area contributed by atoms with Crippen LogP contribution in [0.5, 0.6) is 0 Å². The highest BCUT2D eigenvalue weighted by atomic mass is 32.2. The van der Waals surface area contributed by atoms with Crippen molar-refractivity contribution in [3.8, 4) is 0 Å². The maximum Gasteiger partial charge on any atom is 0.136 e. The second-order valence-electron chi connectivity index (χ2n) is 2.62. The molecule has 0 amide bonds. The summed E-state index contributed by atoms with van der Waals surface area (Å²) in [5, 5.41) is 0. The third-order valence-electron chi connectivity index (χ3n) is 1.82. The van der Waals surface area contributed by atoms with Crippen LogP contribution in [0.25, 0.3) is 0 Å². The molecule has 0 aliphatic heterocycles. The molecule has 1 rings (SSSR count). The zero-order valence-electron chi connectivity index (χ0n) is 6.83. The predicted octanol–water partition coefficient (Wildman–Crippen LogP) is 2.40. The van der Waals surface area contributed by atoms with Gasteiger partial charge in [-0.05, 0) is 19.6 Å².